The van der Waals surface area contributed by atoms with Crippen LogP contribution >= 0.6 is 0 Å². The van der Waals surface area contributed by atoms with Gasteiger partial charge in [-0.2, -0.15) is 0 Å². The quantitative estimate of drug-likeness (QED) is 0.466. The summed E-state index contributed by atoms with van der Waals surface area (Å²) in [4.78, 5) is 16.2. The lowest BCUT2D eigenvalue weighted by atomic mass is 9.99. The number of carbonyl (C=O) groups is 1. The molecule has 15 heavy (non-hydrogen) atoms. The molecule has 0 saturated heterocycles. The Hall–Kier alpha value is -0.920. The lowest BCUT2D eigenvalue weighted by molar-refractivity contribution is -0.116. The van der Waals surface area contributed by atoms with Gasteiger partial charge in [-0.15, -0.1) is 6.58 Å². The summed E-state index contributed by atoms with van der Waals surface area (Å²) in [5, 5.41) is 0. The number of carbonyl (C=O) groups excluding carboxylic acids is 1. The number of nitrogens with zero attached hydrogens (tertiary/aromatic N) is 1. The number of allylic oxidation sites excluding steroid dienone is 1. The summed E-state index contributed by atoms with van der Waals surface area (Å²) in [5.74, 6) is 0.165. The SMILES string of the molecule is C=CCC(C)C(=O)C(C)=NC(C)CCC. The average molecular weight is 209 g/mol. The van der Waals surface area contributed by atoms with Gasteiger partial charge in [0.25, 0.3) is 0 Å². The van der Waals surface area contributed by atoms with Crippen LogP contribution < -0.4 is 0 Å². The molecule has 0 aliphatic carbocycles. The van der Waals surface area contributed by atoms with Crippen molar-refractivity contribution in [3.63, 3.8) is 0 Å². The molecule has 0 N–H and O–H groups in total. The second kappa shape index (κ2) is 7.38. The number of rotatable bonds is 7. The molecule has 0 fully saturated rings. The molecule has 0 aromatic rings. The summed E-state index contributed by atoms with van der Waals surface area (Å²) in [6, 6.07) is 0.259. The van der Waals surface area contributed by atoms with Crippen molar-refractivity contribution < 1.29 is 4.79 Å². The van der Waals surface area contributed by atoms with Gasteiger partial charge >= 0.3 is 0 Å². The molecule has 0 aromatic carbocycles. The first kappa shape index (κ1) is 14.1. The Balaban J connectivity index is 4.35. The monoisotopic (exact) mass is 209 g/mol. The molecule has 86 valence electrons. The summed E-state index contributed by atoms with van der Waals surface area (Å²) < 4.78 is 0. The Labute approximate surface area is 93.5 Å². The summed E-state index contributed by atoms with van der Waals surface area (Å²) in [6.45, 7) is 11.6. The van der Waals surface area contributed by atoms with Crippen molar-refractivity contribution in [2.75, 3.05) is 0 Å². The van der Waals surface area contributed by atoms with Crippen LogP contribution in [0, 0.1) is 5.92 Å². The van der Waals surface area contributed by atoms with Gasteiger partial charge in [0, 0.05) is 12.0 Å². The predicted molar refractivity (Wildman–Crippen MR) is 66.5 cm³/mol. The largest absolute Gasteiger partial charge is 0.293 e. The van der Waals surface area contributed by atoms with Gasteiger partial charge in [0.05, 0.1) is 5.71 Å². The minimum absolute atomic E-state index is 0.0140. The second-order valence-electron chi connectivity index (χ2n) is 4.14. The van der Waals surface area contributed by atoms with Gasteiger partial charge in [0.15, 0.2) is 5.78 Å². The molecule has 0 rings (SSSR count). The van der Waals surface area contributed by atoms with Crippen LogP contribution in [0.5, 0.6) is 0 Å². The van der Waals surface area contributed by atoms with Crippen LogP contribution in [-0.2, 0) is 4.79 Å². The van der Waals surface area contributed by atoms with Gasteiger partial charge in [-0.05, 0) is 26.7 Å². The summed E-state index contributed by atoms with van der Waals surface area (Å²) in [7, 11) is 0. The molecule has 0 amide bonds. The van der Waals surface area contributed by atoms with Crippen LogP contribution in [-0.4, -0.2) is 17.5 Å². The highest BCUT2D eigenvalue weighted by Crippen LogP contribution is 2.07. The smallest absolute Gasteiger partial charge is 0.179 e. The van der Waals surface area contributed by atoms with Crippen molar-refractivity contribution in [2.45, 2.75) is 53.0 Å². The number of hydrogen-bond donors (Lipinski definition) is 0. The minimum atomic E-state index is 0.0140. The summed E-state index contributed by atoms with van der Waals surface area (Å²) >= 11 is 0. The van der Waals surface area contributed by atoms with E-state index in [0.29, 0.717) is 5.71 Å². The van der Waals surface area contributed by atoms with E-state index in [2.05, 4.69) is 25.4 Å². The van der Waals surface area contributed by atoms with Gasteiger partial charge in [0.1, 0.15) is 0 Å². The zero-order chi connectivity index (χ0) is 11.8. The third kappa shape index (κ3) is 5.50. The van der Waals surface area contributed by atoms with E-state index in [9.17, 15) is 4.79 Å². The maximum Gasteiger partial charge on any atom is 0.179 e. The van der Waals surface area contributed by atoms with Crippen molar-refractivity contribution in [1.29, 1.82) is 0 Å². The van der Waals surface area contributed by atoms with E-state index in [0.717, 1.165) is 19.3 Å². The highest BCUT2D eigenvalue weighted by Gasteiger charge is 2.14. The van der Waals surface area contributed by atoms with Gasteiger partial charge in [-0.3, -0.25) is 9.79 Å². The Morgan fingerprint density at radius 3 is 2.53 bits per heavy atom. The maximum absolute atomic E-state index is 11.8. The lowest BCUT2D eigenvalue weighted by Crippen LogP contribution is -2.20. The van der Waals surface area contributed by atoms with Gasteiger partial charge in [-0.1, -0.05) is 26.3 Å². The maximum atomic E-state index is 11.8. The van der Waals surface area contributed by atoms with Crippen molar-refractivity contribution >= 4 is 11.5 Å². The molecule has 2 nitrogen and oxygen atoms in total. The van der Waals surface area contributed by atoms with Crippen molar-refractivity contribution in [2.24, 2.45) is 10.9 Å². The van der Waals surface area contributed by atoms with Crippen LogP contribution in [0.1, 0.15) is 47.0 Å². The fourth-order valence-electron chi connectivity index (χ4n) is 1.59. The molecule has 0 bridgehead atoms. The molecule has 0 radical (unpaired) electrons. The highest BCUT2D eigenvalue weighted by atomic mass is 16.1. The van der Waals surface area contributed by atoms with E-state index in [1.54, 1.807) is 6.08 Å². The van der Waals surface area contributed by atoms with Gasteiger partial charge in [0.2, 0.25) is 0 Å². The molecule has 2 unspecified atom stereocenters. The highest BCUT2D eigenvalue weighted by molar-refractivity contribution is 6.39. The van der Waals surface area contributed by atoms with E-state index in [-0.39, 0.29) is 17.7 Å². The van der Waals surface area contributed by atoms with E-state index in [1.807, 2.05) is 13.8 Å². The molecular formula is C13H23NO. The number of aliphatic imine (C=N–C) groups is 1. The number of Topliss-reactive ketones (excluding diaryl/α,β-unsaturated/α-hetero) is 1. The average Bonchev–Trinajstić information content (AvgIpc) is 2.17. The number of hydrogen-bond acceptors (Lipinski definition) is 2. The van der Waals surface area contributed by atoms with Crippen LogP contribution in [0.2, 0.25) is 0 Å². The third-order valence-corrected chi connectivity index (χ3v) is 2.44. The zero-order valence-electron chi connectivity index (χ0n) is 10.4. The van der Waals surface area contributed by atoms with Crippen LogP contribution in [0.15, 0.2) is 17.6 Å². The zero-order valence-corrected chi connectivity index (χ0v) is 10.4. The topological polar surface area (TPSA) is 29.4 Å². The van der Waals surface area contributed by atoms with E-state index >= 15 is 0 Å². The minimum Gasteiger partial charge on any atom is -0.293 e. The lowest BCUT2D eigenvalue weighted by Gasteiger charge is -2.10. The molecule has 0 aromatic heterocycles. The van der Waals surface area contributed by atoms with Crippen LogP contribution in [0.4, 0.5) is 0 Å². The Kier molecular flexibility index (Phi) is 6.93. The predicted octanol–water partition coefficient (Wildman–Crippen LogP) is 3.42. The van der Waals surface area contributed by atoms with Crippen molar-refractivity contribution in [3.8, 4) is 0 Å². The fraction of sp³-hybridized carbons (Fsp3) is 0.692. The van der Waals surface area contributed by atoms with Crippen molar-refractivity contribution in [1.82, 2.24) is 0 Å². The first-order valence-corrected chi connectivity index (χ1v) is 5.72. The third-order valence-electron chi connectivity index (χ3n) is 2.44. The first-order valence-electron chi connectivity index (χ1n) is 5.72. The van der Waals surface area contributed by atoms with Crippen LogP contribution in [0.3, 0.4) is 0 Å². The number of ketones is 1. The molecule has 0 spiro atoms. The summed E-state index contributed by atoms with van der Waals surface area (Å²) in [5.41, 5.74) is 0.658. The second-order valence-corrected chi connectivity index (χ2v) is 4.14. The Morgan fingerprint density at radius 1 is 1.47 bits per heavy atom. The molecule has 0 heterocycles. The molecule has 0 aliphatic rings. The fourth-order valence-corrected chi connectivity index (χ4v) is 1.59. The molecule has 0 aliphatic heterocycles. The molecule has 2 heteroatoms. The Bertz CT molecular complexity index is 243. The van der Waals surface area contributed by atoms with E-state index < -0.39 is 0 Å². The van der Waals surface area contributed by atoms with E-state index in [4.69, 9.17) is 0 Å². The van der Waals surface area contributed by atoms with Crippen LogP contribution in [0.25, 0.3) is 0 Å². The standard InChI is InChI=1S/C13H23NO/c1-6-8-10(3)13(15)12(5)14-11(4)9-7-2/h6,10-11H,1,7-9H2,2-5H3. The summed E-state index contributed by atoms with van der Waals surface area (Å²) in [6.07, 6.45) is 4.66. The van der Waals surface area contributed by atoms with Gasteiger partial charge < -0.3 is 0 Å². The normalized spacial score (nSPS) is 15.9. The molecular weight excluding hydrogens is 186 g/mol. The van der Waals surface area contributed by atoms with E-state index in [1.165, 1.54) is 0 Å². The van der Waals surface area contributed by atoms with Gasteiger partial charge in [-0.25, -0.2) is 0 Å². The Morgan fingerprint density at radius 2 is 2.07 bits per heavy atom. The molecule has 0 saturated carbocycles. The molecule has 2 atom stereocenters. The first-order chi connectivity index (χ1) is 7.02. The van der Waals surface area contributed by atoms with Crippen molar-refractivity contribution in [3.05, 3.63) is 12.7 Å².